The van der Waals surface area contributed by atoms with Crippen molar-refractivity contribution in [3.8, 4) is 67.4 Å². The second kappa shape index (κ2) is 36.9. The normalized spacial score (nSPS) is 12.4. The number of benzene rings is 12. The first-order valence-corrected chi connectivity index (χ1v) is 47.1. The number of halogens is 2. The Morgan fingerprint density at radius 3 is 0.962 bits per heavy atom. The van der Waals surface area contributed by atoms with Gasteiger partial charge in [0.2, 0.25) is 28.5 Å². The van der Waals surface area contributed by atoms with Gasteiger partial charge in [0.1, 0.15) is 46.9 Å². The molecular formula is C124H140F2N5+5. The average molecular weight is 1740 g/mol. The zero-order valence-electron chi connectivity index (χ0n) is 84.3. The van der Waals surface area contributed by atoms with Crippen LogP contribution in [0.1, 0.15) is 210 Å². The smallest absolute Gasteiger partial charge is 0.206 e. The van der Waals surface area contributed by atoms with Gasteiger partial charge in [0, 0.05) is 41.5 Å². The molecule has 0 amide bonds. The summed E-state index contributed by atoms with van der Waals surface area (Å²) in [5, 5.41) is 15.1. The van der Waals surface area contributed by atoms with E-state index in [1.54, 1.807) is 11.1 Å². The zero-order valence-corrected chi connectivity index (χ0v) is 84.3. The van der Waals surface area contributed by atoms with Crippen LogP contribution in [0.2, 0.25) is 0 Å². The third-order valence-corrected chi connectivity index (χ3v) is 27.8. The molecule has 131 heavy (non-hydrogen) atoms. The van der Waals surface area contributed by atoms with Crippen LogP contribution in [0.5, 0.6) is 0 Å². The molecule has 0 fully saturated rings. The van der Waals surface area contributed by atoms with Gasteiger partial charge in [0.15, 0.2) is 31.0 Å². The highest BCUT2D eigenvalue weighted by Gasteiger charge is 2.30. The highest BCUT2D eigenvalue weighted by Crippen LogP contribution is 2.43. The Hall–Kier alpha value is -12.2. The van der Waals surface area contributed by atoms with Gasteiger partial charge in [-0.3, -0.25) is 0 Å². The van der Waals surface area contributed by atoms with Crippen molar-refractivity contribution >= 4 is 64.6 Å². The average Bonchev–Trinajstić information content (AvgIpc) is 1.12. The Labute approximate surface area is 781 Å². The van der Waals surface area contributed by atoms with Gasteiger partial charge in [0.25, 0.3) is 0 Å². The van der Waals surface area contributed by atoms with Crippen LogP contribution in [0.15, 0.2) is 249 Å². The number of rotatable bonds is 6. The van der Waals surface area contributed by atoms with Gasteiger partial charge < -0.3 is 0 Å². The Morgan fingerprint density at radius 2 is 0.565 bits per heavy atom. The topological polar surface area (TPSA) is 19.4 Å². The van der Waals surface area contributed by atoms with Crippen molar-refractivity contribution in [2.75, 3.05) is 0 Å². The molecule has 5 aromatic heterocycles. The third-order valence-electron chi connectivity index (χ3n) is 27.8. The van der Waals surface area contributed by atoms with E-state index in [4.69, 9.17) is 0 Å². The van der Waals surface area contributed by atoms with Gasteiger partial charge in [-0.15, -0.1) is 0 Å². The molecule has 1 aliphatic carbocycles. The standard InChI is InChI=1S/C29H32N.C25H26N.C24H28N.2C23H27FN/c1-19-9-8-10-20(2)27(19)23-11-13-25(21(3)17-23)28-26-14-12-24(29(4,5)6)18-22(26)15-16-30(28)7;1-17-14-18-8-6-7-9-19(18)16-23(17)24-22-11-10-21(25(2,3)4)15-20(22)12-13-26(24)5;1-16-13-17-7-6-8-18(17)15-22(16)23-21-10-9-20(24(2,3)4)14-19(21)11-12-25(23)5;1-14-12-20(15(2)16(3)21(14)24)22-19-9-8-18(23(4,5)6)13-17(19)10-11-25(22)7;1-14-12-15(2)21(24)20(16(14)3)22-19-9-8-18(23(4,5)6)13-17(19)10-11-25(22)7/h8-18H,1-7H3;6-16H,1-5H3;9-15H,6-8H2,1-5H3;2*8-13H,1-7H3/q5*+1. The Bertz CT molecular complexity index is 7290. The van der Waals surface area contributed by atoms with Gasteiger partial charge in [-0.05, 0) is 326 Å². The number of aromatic nitrogens is 5. The number of pyridine rings is 5. The molecular weight excluding hydrogens is 1600 g/mol. The highest BCUT2D eigenvalue weighted by molar-refractivity contribution is 6.00. The molecule has 18 rings (SSSR count). The third kappa shape index (κ3) is 19.6. The maximum absolute atomic E-state index is 15.1. The van der Waals surface area contributed by atoms with E-state index in [1.165, 1.54) is 174 Å². The first kappa shape index (κ1) is 94.9. The van der Waals surface area contributed by atoms with Gasteiger partial charge in [0.05, 0.1) is 43.6 Å². The maximum Gasteiger partial charge on any atom is 0.223 e. The Balaban J connectivity index is 0.000000132. The minimum absolute atomic E-state index is 0.0907. The van der Waals surface area contributed by atoms with E-state index in [-0.39, 0.29) is 38.7 Å². The Morgan fingerprint density at radius 1 is 0.229 bits per heavy atom. The molecule has 5 nitrogen and oxygen atoms in total. The lowest BCUT2D eigenvalue weighted by molar-refractivity contribution is -0.659. The summed E-state index contributed by atoms with van der Waals surface area (Å²) in [7, 11) is 10.5. The summed E-state index contributed by atoms with van der Waals surface area (Å²) in [6, 6.07) is 80.5. The first-order chi connectivity index (χ1) is 61.6. The van der Waals surface area contributed by atoms with E-state index in [9.17, 15) is 4.39 Å². The van der Waals surface area contributed by atoms with E-state index in [0.717, 1.165) is 50.0 Å². The largest absolute Gasteiger partial charge is 0.223 e. The maximum atomic E-state index is 15.1. The molecule has 0 aliphatic heterocycles. The SMILES string of the molecule is Cc1cc(-c2c(C)cccc2C)ccc1-c1c2ccc(C(C)(C)C)cc2cc[n+]1C.Cc1cc(-c2c3ccc(C(C)(C)C)cc3cc[n+]2C)c(C)c(C)c1F.Cc1cc(C)c(F)c(-c2c3ccc(C(C)(C)C)cc3cc[n+]2C)c1C.Cc1cc2c(cc1-c1c3ccc(C(C)(C)C)cc3cc[n+]1C)CCC2.Cc1cc2ccccc2cc1-c1c2ccc(C(C)(C)C)cc2cc[n+]1C. The molecule has 0 atom stereocenters. The van der Waals surface area contributed by atoms with E-state index < -0.39 is 0 Å². The second-order valence-corrected chi connectivity index (χ2v) is 42.9. The summed E-state index contributed by atoms with van der Waals surface area (Å²) in [5.41, 5.74) is 36.9. The van der Waals surface area contributed by atoms with Gasteiger partial charge in [-0.2, -0.15) is 0 Å². The molecule has 7 heteroatoms. The summed E-state index contributed by atoms with van der Waals surface area (Å²) in [6.07, 6.45) is 14.5. The molecule has 670 valence electrons. The molecule has 0 N–H and O–H groups in total. The molecule has 5 heterocycles. The van der Waals surface area contributed by atoms with Crippen LogP contribution >= 0.6 is 0 Å². The van der Waals surface area contributed by atoms with Crippen molar-refractivity contribution in [2.24, 2.45) is 35.2 Å². The lowest BCUT2D eigenvalue weighted by atomic mass is 9.85. The molecule has 0 unspecified atom stereocenters. The zero-order chi connectivity index (χ0) is 94.9. The quantitative estimate of drug-likeness (QED) is 0.148. The van der Waals surface area contributed by atoms with E-state index >= 15 is 4.39 Å². The van der Waals surface area contributed by atoms with Crippen LogP contribution in [0.4, 0.5) is 8.78 Å². The fourth-order valence-electron chi connectivity index (χ4n) is 19.4. The van der Waals surface area contributed by atoms with E-state index in [0.29, 0.717) is 16.7 Å². The summed E-state index contributed by atoms with van der Waals surface area (Å²) < 4.78 is 40.3. The molecule has 0 bridgehead atoms. The molecule has 1 aliphatic rings. The summed E-state index contributed by atoms with van der Waals surface area (Å²) in [4.78, 5) is 0. The predicted octanol–water partition coefficient (Wildman–Crippen LogP) is 30.1. The molecule has 0 saturated carbocycles. The minimum Gasteiger partial charge on any atom is -0.206 e. The van der Waals surface area contributed by atoms with Crippen LogP contribution in [0.3, 0.4) is 0 Å². The van der Waals surface area contributed by atoms with Crippen molar-refractivity contribution in [3.63, 3.8) is 0 Å². The molecule has 17 aromatic rings. The number of fused-ring (bicyclic) bond motifs is 7. The van der Waals surface area contributed by atoms with Crippen molar-refractivity contribution in [1.29, 1.82) is 0 Å². The van der Waals surface area contributed by atoms with Crippen LogP contribution in [-0.4, -0.2) is 0 Å². The Kier molecular flexibility index (Phi) is 26.7. The lowest BCUT2D eigenvalue weighted by Gasteiger charge is -2.20. The summed E-state index contributed by atoms with van der Waals surface area (Å²) >= 11 is 0. The molecule has 0 radical (unpaired) electrons. The summed E-state index contributed by atoms with van der Waals surface area (Å²) in [5.74, 6) is -0.217. The van der Waals surface area contributed by atoms with E-state index in [2.05, 4.69) is 416 Å². The van der Waals surface area contributed by atoms with Crippen molar-refractivity contribution < 1.29 is 31.6 Å². The number of hydrogen-bond donors (Lipinski definition) is 0. The van der Waals surface area contributed by atoms with Crippen molar-refractivity contribution in [3.05, 3.63) is 361 Å². The van der Waals surface area contributed by atoms with Crippen molar-refractivity contribution in [1.82, 2.24) is 0 Å². The van der Waals surface area contributed by atoms with Crippen molar-refractivity contribution in [2.45, 2.75) is 226 Å². The molecule has 0 spiro atoms. The van der Waals surface area contributed by atoms with Crippen LogP contribution in [-0.2, 0) is 75.2 Å². The number of hydrogen-bond acceptors (Lipinski definition) is 0. The van der Waals surface area contributed by atoms with Gasteiger partial charge in [-0.25, -0.2) is 31.6 Å². The predicted molar refractivity (Wildman–Crippen MR) is 553 cm³/mol. The number of nitrogens with zero attached hydrogens (tertiary/aromatic N) is 5. The minimum atomic E-state index is -0.119. The van der Waals surface area contributed by atoms with Crippen LogP contribution in [0.25, 0.3) is 132 Å². The van der Waals surface area contributed by atoms with Gasteiger partial charge >= 0.3 is 0 Å². The molecule has 0 saturated heterocycles. The first-order valence-electron chi connectivity index (χ1n) is 47.1. The summed E-state index contributed by atoms with van der Waals surface area (Å²) in [6.45, 7) is 56.5. The fraction of sp³-hybridized carbons (Fsp3) is 0.315. The fourth-order valence-corrected chi connectivity index (χ4v) is 19.4. The number of aryl methyl sites for hydroxylation is 15. The highest BCUT2D eigenvalue weighted by atomic mass is 19.1. The van der Waals surface area contributed by atoms with Gasteiger partial charge in [-0.1, -0.05) is 237 Å². The van der Waals surface area contributed by atoms with Crippen LogP contribution in [0, 0.1) is 87.8 Å². The van der Waals surface area contributed by atoms with Crippen LogP contribution < -0.4 is 22.8 Å². The second-order valence-electron chi connectivity index (χ2n) is 42.9. The van der Waals surface area contributed by atoms with E-state index in [1.807, 2.05) is 71.5 Å². The molecule has 12 aromatic carbocycles. The lowest BCUT2D eigenvalue weighted by Crippen LogP contribution is -2.31. The monoisotopic (exact) mass is 1740 g/mol.